The molecule has 128 valence electrons. The molecule has 8 nitrogen and oxygen atoms in total. The number of anilines is 1. The van der Waals surface area contributed by atoms with Crippen molar-refractivity contribution in [2.24, 2.45) is 5.92 Å². The number of hydrogen-bond acceptors (Lipinski definition) is 7. The maximum atomic E-state index is 6.40. The molecule has 2 aromatic heterocycles. The number of rotatable bonds is 2. The number of fused-ring (bicyclic) bond motifs is 3. The molecule has 2 aromatic rings. The highest BCUT2D eigenvalue weighted by Crippen LogP contribution is 2.62. The number of halogens is 1. The fraction of sp³-hybridized carbons (Fsp3) is 0.667. The van der Waals surface area contributed by atoms with E-state index in [9.17, 15) is 0 Å². The summed E-state index contributed by atoms with van der Waals surface area (Å²) in [6.45, 7) is 3.83. The van der Waals surface area contributed by atoms with Crippen LogP contribution in [0.1, 0.15) is 26.5 Å². The average molecular weight is 352 g/mol. The Morgan fingerprint density at radius 3 is 2.88 bits per heavy atom. The molecule has 9 heteroatoms. The van der Waals surface area contributed by atoms with Gasteiger partial charge in [-0.15, -0.1) is 11.6 Å². The van der Waals surface area contributed by atoms with Gasteiger partial charge in [0, 0.05) is 11.8 Å². The minimum absolute atomic E-state index is 0.155. The summed E-state index contributed by atoms with van der Waals surface area (Å²) in [6, 6.07) is 0. The first kappa shape index (κ1) is 14.8. The van der Waals surface area contributed by atoms with Gasteiger partial charge in [-0.1, -0.05) is 0 Å². The minimum atomic E-state index is -0.659. The van der Waals surface area contributed by atoms with Gasteiger partial charge in [-0.3, -0.25) is 4.57 Å². The van der Waals surface area contributed by atoms with E-state index in [0.29, 0.717) is 22.9 Å². The molecule has 5 atom stereocenters. The maximum absolute atomic E-state index is 6.40. The van der Waals surface area contributed by atoms with Gasteiger partial charge in [0.1, 0.15) is 29.7 Å². The molecule has 0 aromatic carbocycles. The molecule has 4 heterocycles. The van der Waals surface area contributed by atoms with Crippen LogP contribution >= 0.6 is 11.6 Å². The minimum Gasteiger partial charge on any atom is -0.382 e. The Kier molecular flexibility index (Phi) is 2.82. The molecule has 0 amide bonds. The van der Waals surface area contributed by atoms with E-state index in [4.69, 9.17) is 31.5 Å². The standard InChI is InChI=1S/C15H18ClN5O3/c1-14(2)22-9-10(23-14)15(3-7(15)4-16)24-13(9)21-6-20-8-11(17)18-5-19-12(8)21/h5-7,9-10,13H,3-4H2,1-2H3,(H2,17,18,19)/t7-,9-,10?,13?,15+/m0/s1. The van der Waals surface area contributed by atoms with Crippen LogP contribution in [0.25, 0.3) is 11.2 Å². The Morgan fingerprint density at radius 1 is 1.29 bits per heavy atom. The van der Waals surface area contributed by atoms with Crippen molar-refractivity contribution in [3.63, 3.8) is 0 Å². The molecule has 1 spiro atoms. The van der Waals surface area contributed by atoms with Gasteiger partial charge in [0.2, 0.25) is 0 Å². The molecule has 2 N–H and O–H groups in total. The SMILES string of the molecule is CC1(C)OC2[C@H](O1)C(n1cnc3c(N)ncnc31)O[C@@]21C[C@H]1CCl. The van der Waals surface area contributed by atoms with Crippen molar-refractivity contribution in [2.75, 3.05) is 11.6 Å². The van der Waals surface area contributed by atoms with Crippen LogP contribution in [0.4, 0.5) is 5.82 Å². The van der Waals surface area contributed by atoms with Crippen molar-refractivity contribution in [2.45, 2.75) is 50.1 Å². The van der Waals surface area contributed by atoms with Crippen LogP contribution in [-0.4, -0.2) is 49.0 Å². The van der Waals surface area contributed by atoms with E-state index in [1.54, 1.807) is 6.33 Å². The summed E-state index contributed by atoms with van der Waals surface area (Å²) in [5.74, 6) is 0.494. The monoisotopic (exact) mass is 351 g/mol. The third kappa shape index (κ3) is 1.82. The molecular formula is C15H18ClN5O3. The Hall–Kier alpha value is -1.48. The van der Waals surface area contributed by atoms with Crippen molar-refractivity contribution in [1.82, 2.24) is 19.5 Å². The zero-order valence-corrected chi connectivity index (χ0v) is 14.1. The molecule has 2 saturated heterocycles. The van der Waals surface area contributed by atoms with Gasteiger partial charge in [0.25, 0.3) is 0 Å². The Bertz CT molecular complexity index is 827. The average Bonchev–Trinajstić information content (AvgIpc) is 2.78. The summed E-state index contributed by atoms with van der Waals surface area (Å²) in [6.07, 6.45) is 3.18. The third-order valence-corrected chi connectivity index (χ3v) is 5.55. The molecule has 3 aliphatic rings. The first-order valence-electron chi connectivity index (χ1n) is 7.97. The maximum Gasteiger partial charge on any atom is 0.167 e. The molecule has 0 bridgehead atoms. The van der Waals surface area contributed by atoms with Crippen LogP contribution in [0.5, 0.6) is 0 Å². The second kappa shape index (κ2) is 4.57. The number of nitrogens with two attached hydrogens (primary N) is 1. The van der Waals surface area contributed by atoms with Gasteiger partial charge in [-0.2, -0.15) is 0 Å². The van der Waals surface area contributed by atoms with E-state index in [0.717, 1.165) is 6.42 Å². The van der Waals surface area contributed by atoms with E-state index in [1.807, 2.05) is 18.4 Å². The number of alkyl halides is 1. The number of hydrogen-bond donors (Lipinski definition) is 1. The molecule has 3 fully saturated rings. The van der Waals surface area contributed by atoms with Gasteiger partial charge in [-0.25, -0.2) is 15.0 Å². The molecule has 1 saturated carbocycles. The highest BCUT2D eigenvalue weighted by Gasteiger charge is 2.73. The highest BCUT2D eigenvalue weighted by molar-refractivity contribution is 6.18. The number of imidazole rings is 1. The van der Waals surface area contributed by atoms with Crippen molar-refractivity contribution in [1.29, 1.82) is 0 Å². The van der Waals surface area contributed by atoms with Crippen molar-refractivity contribution >= 4 is 28.6 Å². The summed E-state index contributed by atoms with van der Waals surface area (Å²) in [7, 11) is 0. The normalized spacial score (nSPS) is 39.6. The summed E-state index contributed by atoms with van der Waals surface area (Å²) in [4.78, 5) is 12.6. The predicted molar refractivity (Wildman–Crippen MR) is 85.2 cm³/mol. The number of nitrogens with zero attached hydrogens (tertiary/aromatic N) is 4. The van der Waals surface area contributed by atoms with Crippen molar-refractivity contribution in [3.8, 4) is 0 Å². The smallest absolute Gasteiger partial charge is 0.167 e. The largest absolute Gasteiger partial charge is 0.382 e. The third-order valence-electron chi connectivity index (χ3n) is 5.18. The molecule has 24 heavy (non-hydrogen) atoms. The zero-order valence-electron chi connectivity index (χ0n) is 13.3. The second-order valence-corrected chi connectivity index (χ2v) is 7.43. The predicted octanol–water partition coefficient (Wildman–Crippen LogP) is 1.45. The van der Waals surface area contributed by atoms with Crippen LogP contribution in [0.2, 0.25) is 0 Å². The quantitative estimate of drug-likeness (QED) is 0.818. The summed E-state index contributed by atoms with van der Waals surface area (Å²) in [5, 5.41) is 0. The van der Waals surface area contributed by atoms with Crippen molar-refractivity contribution < 1.29 is 14.2 Å². The topological polar surface area (TPSA) is 97.3 Å². The molecule has 0 radical (unpaired) electrons. The highest BCUT2D eigenvalue weighted by atomic mass is 35.5. The van der Waals surface area contributed by atoms with E-state index in [1.165, 1.54) is 6.33 Å². The number of nitrogen functional groups attached to an aromatic ring is 1. The second-order valence-electron chi connectivity index (χ2n) is 7.12. The first-order valence-corrected chi connectivity index (χ1v) is 8.51. The Balaban J connectivity index is 1.59. The summed E-state index contributed by atoms with van der Waals surface area (Å²) < 4.78 is 20.6. The van der Waals surface area contributed by atoms with Crippen LogP contribution in [0, 0.1) is 5.92 Å². The lowest BCUT2D eigenvalue weighted by Gasteiger charge is -2.25. The van der Waals surface area contributed by atoms with E-state index in [2.05, 4.69) is 15.0 Å². The van der Waals surface area contributed by atoms with Crippen molar-refractivity contribution in [3.05, 3.63) is 12.7 Å². The van der Waals surface area contributed by atoms with Gasteiger partial charge in [-0.05, 0) is 20.3 Å². The zero-order chi connectivity index (χ0) is 16.7. The van der Waals surface area contributed by atoms with Gasteiger partial charge >= 0.3 is 0 Å². The fourth-order valence-electron chi connectivity index (χ4n) is 4.01. The number of ether oxygens (including phenoxy) is 3. The molecule has 2 aliphatic heterocycles. The van der Waals surface area contributed by atoms with E-state index in [-0.39, 0.29) is 30.0 Å². The van der Waals surface area contributed by atoms with Crippen LogP contribution in [0.3, 0.4) is 0 Å². The van der Waals surface area contributed by atoms with Gasteiger partial charge in [0.05, 0.1) is 6.33 Å². The number of aromatic nitrogens is 4. The lowest BCUT2D eigenvalue weighted by molar-refractivity contribution is -0.203. The first-order chi connectivity index (χ1) is 11.5. The van der Waals surface area contributed by atoms with Crippen LogP contribution < -0.4 is 5.73 Å². The summed E-state index contributed by atoms with van der Waals surface area (Å²) >= 11 is 6.09. The lowest BCUT2D eigenvalue weighted by Crippen LogP contribution is -2.33. The molecule has 5 rings (SSSR count). The molecule has 1 aliphatic carbocycles. The van der Waals surface area contributed by atoms with Crippen LogP contribution in [0.15, 0.2) is 12.7 Å². The van der Waals surface area contributed by atoms with Gasteiger partial charge < -0.3 is 19.9 Å². The van der Waals surface area contributed by atoms with E-state index >= 15 is 0 Å². The van der Waals surface area contributed by atoms with Crippen LogP contribution in [-0.2, 0) is 14.2 Å². The van der Waals surface area contributed by atoms with E-state index < -0.39 is 5.79 Å². The molecular weight excluding hydrogens is 334 g/mol. The Labute approximate surface area is 143 Å². The Morgan fingerprint density at radius 2 is 2.12 bits per heavy atom. The van der Waals surface area contributed by atoms with Gasteiger partial charge in [0.15, 0.2) is 23.5 Å². The lowest BCUT2D eigenvalue weighted by atomic mass is 10.1. The molecule has 2 unspecified atom stereocenters. The fourth-order valence-corrected chi connectivity index (χ4v) is 4.38. The summed E-state index contributed by atoms with van der Waals surface area (Å²) in [5.41, 5.74) is 6.68.